The standard InChI is InChI=1S/C20H16F3N2O3S/c1-12-7-18(26)17(20(21,22)23)9-19(12)29(27)16-5-3-14(4-6-16)10-24-11-15-8-13(2)25-28-15/h3-9,17H,11H2,1-2H3/q+1. The molecule has 0 bridgehead atoms. The van der Waals surface area contributed by atoms with Gasteiger partial charge >= 0.3 is 18.8 Å². The zero-order valence-electron chi connectivity index (χ0n) is 15.5. The molecule has 9 heteroatoms. The van der Waals surface area contributed by atoms with Crippen LogP contribution in [-0.2, 0) is 22.1 Å². The van der Waals surface area contributed by atoms with E-state index in [-0.39, 0.29) is 17.0 Å². The van der Waals surface area contributed by atoms with Gasteiger partial charge in [0.1, 0.15) is 11.5 Å². The molecule has 5 nitrogen and oxygen atoms in total. The fourth-order valence-corrected chi connectivity index (χ4v) is 3.93. The highest BCUT2D eigenvalue weighted by molar-refractivity contribution is 7.89. The first-order chi connectivity index (χ1) is 13.6. The van der Waals surface area contributed by atoms with Gasteiger partial charge in [-0.25, -0.2) is 4.21 Å². The summed E-state index contributed by atoms with van der Waals surface area (Å²) in [4.78, 5) is 16.0. The fraction of sp³-hybridized carbons (Fsp3) is 0.250. The lowest BCUT2D eigenvalue weighted by molar-refractivity contribution is -0.168. The van der Waals surface area contributed by atoms with Gasteiger partial charge in [-0.3, -0.25) is 4.79 Å². The lowest BCUT2D eigenvalue weighted by atomic mass is 9.95. The van der Waals surface area contributed by atoms with Gasteiger partial charge in [-0.2, -0.15) is 13.2 Å². The number of halogens is 3. The van der Waals surface area contributed by atoms with Crippen LogP contribution in [0, 0.1) is 18.9 Å². The first-order valence-electron chi connectivity index (χ1n) is 8.53. The zero-order chi connectivity index (χ0) is 21.2. The van der Waals surface area contributed by atoms with Crippen LogP contribution < -0.4 is 0 Å². The monoisotopic (exact) mass is 421 g/mol. The Kier molecular flexibility index (Phi) is 5.84. The van der Waals surface area contributed by atoms with E-state index >= 15 is 0 Å². The molecule has 2 atom stereocenters. The third-order valence-corrected chi connectivity index (χ3v) is 5.67. The van der Waals surface area contributed by atoms with Gasteiger partial charge in [-0.1, -0.05) is 10.0 Å². The second kappa shape index (κ2) is 8.17. The first kappa shape index (κ1) is 20.7. The van der Waals surface area contributed by atoms with Crippen LogP contribution in [0.5, 0.6) is 0 Å². The van der Waals surface area contributed by atoms with Gasteiger partial charge in [0.2, 0.25) is 5.76 Å². The van der Waals surface area contributed by atoms with E-state index in [1.165, 1.54) is 19.1 Å². The van der Waals surface area contributed by atoms with E-state index in [4.69, 9.17) is 4.52 Å². The molecule has 1 aromatic carbocycles. The number of benzene rings is 1. The van der Waals surface area contributed by atoms with Crippen LogP contribution in [0.15, 0.2) is 62.4 Å². The average molecular weight is 421 g/mol. The second-order valence-corrected chi connectivity index (χ2v) is 7.88. The normalized spacial score (nSPS) is 17.8. The number of rotatable bonds is 3. The van der Waals surface area contributed by atoms with Crippen LogP contribution in [0.2, 0.25) is 0 Å². The largest absolute Gasteiger partial charge is 0.402 e. The summed E-state index contributed by atoms with van der Waals surface area (Å²) < 4.78 is 56.9. The Morgan fingerprint density at radius 2 is 1.93 bits per heavy atom. The summed E-state index contributed by atoms with van der Waals surface area (Å²) in [5.74, 6) is -2.74. The van der Waals surface area contributed by atoms with Crippen molar-refractivity contribution < 1.29 is 26.7 Å². The molecule has 1 aliphatic rings. The summed E-state index contributed by atoms with van der Waals surface area (Å²) in [5.41, 5.74) is 1.61. The van der Waals surface area contributed by atoms with E-state index in [9.17, 15) is 22.2 Å². The summed E-state index contributed by atoms with van der Waals surface area (Å²) in [5, 5.41) is 3.75. The predicted molar refractivity (Wildman–Crippen MR) is 101 cm³/mol. The van der Waals surface area contributed by atoms with E-state index in [1.807, 2.05) is 0 Å². The van der Waals surface area contributed by atoms with Crippen molar-refractivity contribution in [3.8, 4) is 6.07 Å². The van der Waals surface area contributed by atoms with Crippen molar-refractivity contribution in [2.75, 3.05) is 0 Å². The lowest BCUT2D eigenvalue weighted by Crippen LogP contribution is -2.30. The lowest BCUT2D eigenvalue weighted by Gasteiger charge is -2.21. The highest BCUT2D eigenvalue weighted by atomic mass is 32.2. The second-order valence-electron chi connectivity index (χ2n) is 6.44. The van der Waals surface area contributed by atoms with Gasteiger partial charge in [0.15, 0.2) is 5.78 Å². The number of nitrogens with zero attached hydrogens (tertiary/aromatic N) is 2. The molecule has 1 aromatic heterocycles. The molecule has 0 saturated heterocycles. The predicted octanol–water partition coefficient (Wildman–Crippen LogP) is 4.56. The zero-order valence-corrected chi connectivity index (χ0v) is 16.3. The minimum absolute atomic E-state index is 0.0157. The van der Waals surface area contributed by atoms with Gasteiger partial charge < -0.3 is 4.52 Å². The highest BCUT2D eigenvalue weighted by Gasteiger charge is 2.44. The van der Waals surface area contributed by atoms with Crippen molar-refractivity contribution in [2.45, 2.75) is 31.5 Å². The van der Waals surface area contributed by atoms with Gasteiger partial charge in [-0.05, 0) is 55.8 Å². The molecular formula is C20H16F3N2O3S+. The van der Waals surface area contributed by atoms with Gasteiger partial charge in [0, 0.05) is 15.9 Å². The third-order valence-electron chi connectivity index (χ3n) is 4.11. The van der Waals surface area contributed by atoms with Gasteiger partial charge in [-0.15, -0.1) is 0 Å². The molecular weight excluding hydrogens is 405 g/mol. The van der Waals surface area contributed by atoms with E-state index in [2.05, 4.69) is 16.1 Å². The maximum atomic E-state index is 13.0. The van der Waals surface area contributed by atoms with Gasteiger partial charge in [0.05, 0.1) is 16.5 Å². The number of aryl methyl sites for hydroxylation is 1. The quantitative estimate of drug-likeness (QED) is 0.729. The number of aromatic nitrogens is 1. The summed E-state index contributed by atoms with van der Waals surface area (Å²) in [6, 6.07) is 10.8. The van der Waals surface area contributed by atoms with Gasteiger partial charge in [0.25, 0.3) is 0 Å². The summed E-state index contributed by atoms with van der Waals surface area (Å²) in [7, 11) is -1.85. The molecule has 3 rings (SSSR count). The molecule has 2 unspecified atom stereocenters. The molecule has 1 aliphatic carbocycles. The summed E-state index contributed by atoms with van der Waals surface area (Å²) in [6.07, 6.45) is -3.08. The van der Waals surface area contributed by atoms with Crippen LogP contribution in [0.25, 0.3) is 4.85 Å². The maximum absolute atomic E-state index is 13.0. The topological polar surface area (TPSA) is 64.5 Å². The molecule has 29 heavy (non-hydrogen) atoms. The van der Waals surface area contributed by atoms with E-state index in [1.54, 1.807) is 25.1 Å². The van der Waals surface area contributed by atoms with Crippen LogP contribution in [0.4, 0.5) is 13.2 Å². The minimum atomic E-state index is -4.72. The number of alkyl halides is 3. The Morgan fingerprint density at radius 1 is 1.24 bits per heavy atom. The van der Waals surface area contributed by atoms with E-state index < -0.39 is 28.7 Å². The van der Waals surface area contributed by atoms with Crippen molar-refractivity contribution in [3.05, 3.63) is 74.8 Å². The third kappa shape index (κ3) is 4.90. The minimum Gasteiger partial charge on any atom is -0.353 e. The molecule has 0 radical (unpaired) electrons. The molecule has 0 fully saturated rings. The van der Waals surface area contributed by atoms with Crippen molar-refractivity contribution in [2.24, 2.45) is 5.92 Å². The first-order valence-corrected chi connectivity index (χ1v) is 9.67. The molecule has 0 N–H and O–H groups in total. The maximum Gasteiger partial charge on any atom is 0.402 e. The van der Waals surface area contributed by atoms with Crippen LogP contribution in [0.3, 0.4) is 0 Å². The number of allylic oxidation sites excluding steroid dienone is 3. The molecule has 0 saturated carbocycles. The number of hydrogen-bond donors (Lipinski definition) is 0. The van der Waals surface area contributed by atoms with Crippen LogP contribution in [0.1, 0.15) is 23.9 Å². The Labute approximate surface area is 167 Å². The van der Waals surface area contributed by atoms with Crippen molar-refractivity contribution >= 4 is 16.6 Å². The van der Waals surface area contributed by atoms with E-state index in [0.717, 1.165) is 17.8 Å². The van der Waals surface area contributed by atoms with Crippen molar-refractivity contribution in [3.63, 3.8) is 0 Å². The number of carbonyl (C=O) groups excluding carboxylic acids is 1. The number of ketones is 1. The molecule has 1 heterocycles. The Balaban J connectivity index is 1.76. The SMILES string of the molecule is CC1=CC(=O)C(C(F)(F)F)C=C1S(=O)c1ccc(C#[N+]Cc2cc(C)no2)cc1. The fourth-order valence-electron chi connectivity index (χ4n) is 2.68. The summed E-state index contributed by atoms with van der Waals surface area (Å²) >= 11 is 0. The highest BCUT2D eigenvalue weighted by Crippen LogP contribution is 2.35. The Bertz CT molecular complexity index is 1090. The van der Waals surface area contributed by atoms with Crippen molar-refractivity contribution in [1.29, 1.82) is 0 Å². The molecule has 0 amide bonds. The molecule has 0 aliphatic heterocycles. The average Bonchev–Trinajstić information content (AvgIpc) is 3.06. The van der Waals surface area contributed by atoms with Crippen LogP contribution >= 0.6 is 0 Å². The molecule has 150 valence electrons. The van der Waals surface area contributed by atoms with E-state index in [0.29, 0.717) is 16.2 Å². The smallest absolute Gasteiger partial charge is 0.353 e. The van der Waals surface area contributed by atoms with Crippen molar-refractivity contribution in [1.82, 2.24) is 5.16 Å². The Hall–Kier alpha value is -2.99. The number of hydrogen-bond acceptors (Lipinski definition) is 4. The molecule has 2 aromatic rings. The molecule has 0 spiro atoms. The van der Waals surface area contributed by atoms with Crippen LogP contribution in [-0.4, -0.2) is 21.3 Å². The summed E-state index contributed by atoms with van der Waals surface area (Å²) in [6.45, 7) is 3.53. The Morgan fingerprint density at radius 3 is 2.52 bits per heavy atom. The number of carbonyl (C=O) groups is 1.